The molecule has 9 heteroatoms. The molecule has 0 aliphatic heterocycles. The van der Waals surface area contributed by atoms with Gasteiger partial charge in [0.1, 0.15) is 6.29 Å². The van der Waals surface area contributed by atoms with Crippen LogP contribution in [-0.2, 0) is 12.8 Å². The van der Waals surface area contributed by atoms with Crippen LogP contribution in [0, 0.1) is 11.8 Å². The molecule has 2 aromatic carbocycles. The molecule has 270 valence electrons. The predicted octanol–water partition coefficient (Wildman–Crippen LogP) is 7.85. The van der Waals surface area contributed by atoms with E-state index < -0.39 is 6.10 Å². The van der Waals surface area contributed by atoms with Crippen molar-refractivity contribution in [2.75, 3.05) is 32.4 Å². The number of benzene rings is 2. The number of aryl methyl sites for hydroxylation is 1. The lowest BCUT2D eigenvalue weighted by atomic mass is 9.82. The number of nitrogens with zero attached hydrogens (tertiary/aromatic N) is 3. The Morgan fingerprint density at radius 1 is 1.08 bits per heavy atom. The van der Waals surface area contributed by atoms with Crippen molar-refractivity contribution in [3.05, 3.63) is 120 Å². The number of aliphatic hydroxyl groups excluding tert-OH is 1. The molecule has 1 aliphatic carbocycles. The molecular weight excluding hydrogens is 653 g/mol. The van der Waals surface area contributed by atoms with Gasteiger partial charge in [-0.2, -0.15) is 0 Å². The number of likely N-dealkylation sites (N-methyl/N-ethyl adjacent to an activating group) is 2. The lowest BCUT2D eigenvalue weighted by Crippen LogP contribution is -2.21. The molecule has 0 saturated carbocycles. The summed E-state index contributed by atoms with van der Waals surface area (Å²) >= 11 is 4.34. The summed E-state index contributed by atoms with van der Waals surface area (Å²) in [5, 5.41) is 14.5. The average molecular weight is 707 g/mol. The smallest absolute Gasteiger partial charge is 0.150 e. The van der Waals surface area contributed by atoms with E-state index in [4.69, 9.17) is 4.98 Å². The van der Waals surface area contributed by atoms with Gasteiger partial charge in [0.05, 0.1) is 23.0 Å². The van der Waals surface area contributed by atoms with E-state index in [0.717, 1.165) is 68.6 Å². The van der Waals surface area contributed by atoms with Crippen LogP contribution in [-0.4, -0.2) is 60.1 Å². The molecule has 5 N–H and O–H groups in total. The van der Waals surface area contributed by atoms with E-state index in [-0.39, 0.29) is 0 Å². The quantitative estimate of drug-likeness (QED) is 0.0679. The van der Waals surface area contributed by atoms with Gasteiger partial charge in [0.15, 0.2) is 0 Å². The molecule has 1 aliphatic rings. The Morgan fingerprint density at radius 2 is 1.75 bits per heavy atom. The Balaban J connectivity index is 0.000000475. The number of hydrogen-bond acceptors (Lipinski definition) is 9. The van der Waals surface area contributed by atoms with Gasteiger partial charge in [-0.3, -0.25) is 9.78 Å². The molecule has 0 bridgehead atoms. The third-order valence-electron chi connectivity index (χ3n) is 8.07. The number of nitrogens with two attached hydrogens (primary N) is 1. The van der Waals surface area contributed by atoms with Gasteiger partial charge in [-0.05, 0) is 75.5 Å². The minimum atomic E-state index is -0.431. The molecule has 0 fully saturated rings. The number of aliphatic hydroxyl groups is 1. The summed E-state index contributed by atoms with van der Waals surface area (Å²) in [6.45, 7) is 15.3. The van der Waals surface area contributed by atoms with Crippen molar-refractivity contribution in [1.29, 1.82) is 0 Å². The van der Waals surface area contributed by atoms with Crippen LogP contribution < -0.4 is 15.8 Å². The fraction of sp³-hybridized carbons (Fsp3) is 0.310. The van der Waals surface area contributed by atoms with Crippen molar-refractivity contribution in [2.45, 2.75) is 59.0 Å². The molecular formula is C42H54N6O2S. The summed E-state index contributed by atoms with van der Waals surface area (Å²) in [4.78, 5) is 22.2. The van der Waals surface area contributed by atoms with Gasteiger partial charge in [-0.25, -0.2) is 4.98 Å². The molecule has 2 heterocycles. The minimum Gasteiger partial charge on any atom is -0.393 e. The van der Waals surface area contributed by atoms with Crippen LogP contribution in [0.15, 0.2) is 92.1 Å². The molecule has 1 unspecified atom stereocenters. The standard InChI is InChI=1S/C29H23N3O2S.C8H16N2.C4H10.CH5N/c1-18(2-3-19-12-14-30-15-13-19)27-26(32-35)11-10-25-28(27)23-9-8-22(34)16-24(23)29(31-25)21-6-4-20(17-33)5-7-21;1-5-6-10(4)8(2)7-9-3;1-3-4-2;1-2/h4-7,10-15,17,22,32,34-35H,1,8-9,16H2;5-6,9H,2,7H2,1,3-4H3;3-4H2,1-2H3;2H2,1H3/b;6-5-;;. The van der Waals surface area contributed by atoms with E-state index in [1.165, 1.54) is 19.9 Å². The fourth-order valence-electron chi connectivity index (χ4n) is 5.28. The Labute approximate surface area is 310 Å². The number of pyridine rings is 2. The van der Waals surface area contributed by atoms with E-state index in [1.54, 1.807) is 24.5 Å². The second kappa shape index (κ2) is 22.9. The predicted molar refractivity (Wildman–Crippen MR) is 220 cm³/mol. The highest BCUT2D eigenvalue weighted by molar-refractivity contribution is 7.81. The number of thiol groups is 1. The van der Waals surface area contributed by atoms with Gasteiger partial charge in [0.2, 0.25) is 0 Å². The lowest BCUT2D eigenvalue weighted by Gasteiger charge is -2.26. The van der Waals surface area contributed by atoms with Crippen molar-refractivity contribution in [3.63, 3.8) is 0 Å². The minimum absolute atomic E-state index is 0.431. The third-order valence-corrected chi connectivity index (χ3v) is 8.31. The van der Waals surface area contributed by atoms with Crippen LogP contribution in [0.1, 0.15) is 72.6 Å². The zero-order chi connectivity index (χ0) is 37.8. The number of aldehydes is 1. The Hall–Kier alpha value is -4.72. The lowest BCUT2D eigenvalue weighted by molar-refractivity contribution is 0.112. The van der Waals surface area contributed by atoms with E-state index in [0.29, 0.717) is 30.4 Å². The van der Waals surface area contributed by atoms with Gasteiger partial charge in [-0.1, -0.05) is 94.8 Å². The Kier molecular flexibility index (Phi) is 19.1. The number of rotatable bonds is 9. The highest BCUT2D eigenvalue weighted by Crippen LogP contribution is 2.40. The van der Waals surface area contributed by atoms with Crippen LogP contribution in [0.4, 0.5) is 5.69 Å². The molecule has 5 rings (SSSR count). The molecule has 0 saturated heterocycles. The molecule has 8 nitrogen and oxygen atoms in total. The maximum atomic E-state index is 11.1. The molecule has 51 heavy (non-hydrogen) atoms. The van der Waals surface area contributed by atoms with Crippen molar-refractivity contribution in [1.82, 2.24) is 20.2 Å². The summed E-state index contributed by atoms with van der Waals surface area (Å²) in [6.07, 6.45) is 12.3. The molecule has 1 atom stereocenters. The first-order valence-electron chi connectivity index (χ1n) is 17.2. The Morgan fingerprint density at radius 3 is 2.31 bits per heavy atom. The number of anilines is 1. The number of allylic oxidation sites excluding steroid dienone is 2. The summed E-state index contributed by atoms with van der Waals surface area (Å²) in [5.74, 6) is 6.36. The third kappa shape index (κ3) is 12.2. The first-order valence-corrected chi connectivity index (χ1v) is 17.7. The van der Waals surface area contributed by atoms with Crippen molar-refractivity contribution < 1.29 is 9.90 Å². The second-order valence-electron chi connectivity index (χ2n) is 11.7. The number of carbonyl (C=O) groups excluding carboxylic acids is 1. The first-order chi connectivity index (χ1) is 24.7. The summed E-state index contributed by atoms with van der Waals surface area (Å²) in [7, 11) is 5.40. The van der Waals surface area contributed by atoms with Gasteiger partial charge < -0.3 is 25.8 Å². The van der Waals surface area contributed by atoms with Gasteiger partial charge in [-0.15, -0.1) is 0 Å². The largest absolute Gasteiger partial charge is 0.393 e. The van der Waals surface area contributed by atoms with Crippen LogP contribution in [0.2, 0.25) is 0 Å². The van der Waals surface area contributed by atoms with Crippen LogP contribution in [0.5, 0.6) is 0 Å². The van der Waals surface area contributed by atoms with E-state index >= 15 is 0 Å². The van der Waals surface area contributed by atoms with E-state index in [2.05, 4.69) is 72.4 Å². The highest BCUT2D eigenvalue weighted by atomic mass is 32.1. The summed E-state index contributed by atoms with van der Waals surface area (Å²) in [6, 6.07) is 15.0. The van der Waals surface area contributed by atoms with Gasteiger partial charge in [0, 0.05) is 71.3 Å². The van der Waals surface area contributed by atoms with E-state index in [1.807, 2.05) is 74.6 Å². The molecule has 0 spiro atoms. The summed E-state index contributed by atoms with van der Waals surface area (Å²) in [5.41, 5.74) is 14.1. The number of carbonyl (C=O) groups is 1. The molecule has 0 amide bonds. The van der Waals surface area contributed by atoms with Gasteiger partial charge in [0.25, 0.3) is 0 Å². The van der Waals surface area contributed by atoms with Crippen LogP contribution in [0.3, 0.4) is 0 Å². The SMILES string of the molecule is C=C(C#Cc1ccncc1)c1c(NS)ccc2nc(-c3ccc(C=O)cc3)c3c(c12)CCC(O)C3.C=C(CNC)N(C)/C=C\C.CCCC.CN. The fourth-order valence-corrected chi connectivity index (χ4v) is 5.47. The maximum absolute atomic E-state index is 11.1. The zero-order valence-electron chi connectivity index (χ0n) is 31.0. The van der Waals surface area contributed by atoms with E-state index in [9.17, 15) is 9.90 Å². The molecule has 4 aromatic rings. The molecule has 2 aromatic heterocycles. The first kappa shape index (κ1) is 42.4. The second-order valence-corrected chi connectivity index (χ2v) is 11.9. The van der Waals surface area contributed by atoms with Crippen molar-refractivity contribution >= 4 is 41.3 Å². The molecule has 0 radical (unpaired) electrons. The van der Waals surface area contributed by atoms with Crippen LogP contribution >= 0.6 is 12.8 Å². The number of fused-ring (bicyclic) bond motifs is 3. The zero-order valence-corrected chi connectivity index (χ0v) is 31.9. The highest BCUT2D eigenvalue weighted by Gasteiger charge is 2.26. The Bertz CT molecular complexity index is 1810. The van der Waals surface area contributed by atoms with Crippen LogP contribution in [0.25, 0.3) is 27.7 Å². The number of unbranched alkanes of at least 4 members (excludes halogenated alkanes) is 1. The van der Waals surface area contributed by atoms with Gasteiger partial charge >= 0.3 is 0 Å². The van der Waals surface area contributed by atoms with Crippen molar-refractivity contribution in [3.8, 4) is 23.1 Å². The number of aromatic nitrogens is 2. The topological polar surface area (TPSA) is 116 Å². The monoisotopic (exact) mass is 706 g/mol. The number of hydrogen-bond donors (Lipinski definition) is 5. The number of nitrogens with one attached hydrogen (secondary N) is 2. The summed E-state index contributed by atoms with van der Waals surface area (Å²) < 4.78 is 2.99. The van der Waals surface area contributed by atoms with Crippen molar-refractivity contribution in [2.24, 2.45) is 5.73 Å². The average Bonchev–Trinajstić information content (AvgIpc) is 3.17. The maximum Gasteiger partial charge on any atom is 0.150 e. The normalized spacial score (nSPS) is 12.7.